The van der Waals surface area contributed by atoms with Crippen LogP contribution in [-0.4, -0.2) is 49.2 Å². The minimum absolute atomic E-state index is 0.181. The first-order chi connectivity index (χ1) is 9.49. The molecule has 0 aromatic heterocycles. The summed E-state index contributed by atoms with van der Waals surface area (Å²) in [6, 6.07) is 0.716. The SMILES string of the molecule is CCCNC(C)(CC(C)N(C)C(C)C(C)(C)C)C(=O)OC. The van der Waals surface area contributed by atoms with Crippen molar-refractivity contribution >= 4 is 5.97 Å². The second-order valence-electron chi connectivity index (χ2n) is 7.51. The summed E-state index contributed by atoms with van der Waals surface area (Å²) in [7, 11) is 3.60. The molecule has 4 nitrogen and oxygen atoms in total. The van der Waals surface area contributed by atoms with Gasteiger partial charge in [-0.25, -0.2) is 0 Å². The first-order valence-electron chi connectivity index (χ1n) is 8.05. The third-order valence-corrected chi connectivity index (χ3v) is 4.66. The molecular formula is C17H36N2O2. The number of rotatable bonds is 8. The molecule has 0 aliphatic rings. The Balaban J connectivity index is 4.96. The van der Waals surface area contributed by atoms with Crippen molar-refractivity contribution in [2.75, 3.05) is 20.7 Å². The normalized spacial score (nSPS) is 18.2. The lowest BCUT2D eigenvalue weighted by molar-refractivity contribution is -0.149. The van der Waals surface area contributed by atoms with Gasteiger partial charge in [0.15, 0.2) is 0 Å². The minimum Gasteiger partial charge on any atom is -0.468 e. The van der Waals surface area contributed by atoms with Crippen molar-refractivity contribution in [1.82, 2.24) is 10.2 Å². The molecule has 126 valence electrons. The van der Waals surface area contributed by atoms with Crippen molar-refractivity contribution in [3.05, 3.63) is 0 Å². The van der Waals surface area contributed by atoms with E-state index in [4.69, 9.17) is 4.74 Å². The fraction of sp³-hybridized carbons (Fsp3) is 0.941. The Morgan fingerprint density at radius 2 is 1.76 bits per heavy atom. The highest BCUT2D eigenvalue weighted by Crippen LogP contribution is 2.27. The molecule has 0 saturated carbocycles. The highest BCUT2D eigenvalue weighted by molar-refractivity contribution is 5.80. The van der Waals surface area contributed by atoms with E-state index in [9.17, 15) is 4.79 Å². The fourth-order valence-corrected chi connectivity index (χ4v) is 2.58. The van der Waals surface area contributed by atoms with E-state index in [1.54, 1.807) is 0 Å². The van der Waals surface area contributed by atoms with E-state index in [2.05, 4.69) is 58.8 Å². The molecule has 0 saturated heterocycles. The Morgan fingerprint density at radius 1 is 1.24 bits per heavy atom. The van der Waals surface area contributed by atoms with E-state index >= 15 is 0 Å². The first kappa shape index (κ1) is 20.4. The van der Waals surface area contributed by atoms with E-state index in [1.807, 2.05) is 6.92 Å². The van der Waals surface area contributed by atoms with Crippen LogP contribution in [-0.2, 0) is 9.53 Å². The number of hydrogen-bond donors (Lipinski definition) is 1. The topological polar surface area (TPSA) is 41.6 Å². The molecule has 4 heteroatoms. The predicted molar refractivity (Wildman–Crippen MR) is 89.5 cm³/mol. The van der Waals surface area contributed by atoms with Gasteiger partial charge in [-0.05, 0) is 52.6 Å². The highest BCUT2D eigenvalue weighted by Gasteiger charge is 2.37. The van der Waals surface area contributed by atoms with Gasteiger partial charge < -0.3 is 15.0 Å². The van der Waals surface area contributed by atoms with Crippen molar-refractivity contribution in [3.63, 3.8) is 0 Å². The molecule has 0 rings (SSSR count). The molecule has 0 radical (unpaired) electrons. The fourth-order valence-electron chi connectivity index (χ4n) is 2.58. The maximum absolute atomic E-state index is 12.2. The van der Waals surface area contributed by atoms with E-state index < -0.39 is 5.54 Å². The summed E-state index contributed by atoms with van der Waals surface area (Å²) in [5.41, 5.74) is -0.419. The monoisotopic (exact) mass is 300 g/mol. The Kier molecular flexibility index (Phi) is 7.90. The lowest BCUT2D eigenvalue weighted by Gasteiger charge is -2.41. The van der Waals surface area contributed by atoms with Gasteiger partial charge in [-0.2, -0.15) is 0 Å². The maximum Gasteiger partial charge on any atom is 0.325 e. The molecular weight excluding hydrogens is 264 g/mol. The van der Waals surface area contributed by atoms with Gasteiger partial charge >= 0.3 is 5.97 Å². The van der Waals surface area contributed by atoms with E-state index in [1.165, 1.54) is 7.11 Å². The van der Waals surface area contributed by atoms with Crippen molar-refractivity contribution in [2.45, 2.75) is 78.9 Å². The molecule has 0 aliphatic heterocycles. The first-order valence-corrected chi connectivity index (χ1v) is 8.05. The van der Waals surface area contributed by atoms with Gasteiger partial charge in [-0.3, -0.25) is 4.79 Å². The van der Waals surface area contributed by atoms with Crippen LogP contribution in [0.15, 0.2) is 0 Å². The Bertz CT molecular complexity index is 325. The minimum atomic E-state index is -0.629. The number of carbonyl (C=O) groups is 1. The van der Waals surface area contributed by atoms with Crippen LogP contribution in [0.25, 0.3) is 0 Å². The van der Waals surface area contributed by atoms with Crippen LogP contribution < -0.4 is 5.32 Å². The number of methoxy groups -OCH3 is 1. The number of esters is 1. The van der Waals surface area contributed by atoms with Gasteiger partial charge in [0.25, 0.3) is 0 Å². The predicted octanol–water partition coefficient (Wildman–Crippen LogP) is 3.06. The number of carbonyl (C=O) groups excluding carboxylic acids is 1. The summed E-state index contributed by atoms with van der Waals surface area (Å²) in [6.45, 7) is 16.0. The molecule has 0 fully saturated rings. The standard InChI is InChI=1S/C17H36N2O2/c1-10-11-18-17(7,15(20)21-9)12-13(2)19(8)14(3)16(4,5)6/h13-14,18H,10-12H2,1-9H3. The molecule has 3 unspecified atom stereocenters. The highest BCUT2D eigenvalue weighted by atomic mass is 16.5. The summed E-state index contributed by atoms with van der Waals surface area (Å²) in [6.07, 6.45) is 1.73. The van der Waals surface area contributed by atoms with Crippen molar-refractivity contribution in [2.24, 2.45) is 5.41 Å². The van der Waals surface area contributed by atoms with Crippen LogP contribution in [0.2, 0.25) is 0 Å². The third kappa shape index (κ3) is 5.95. The zero-order valence-electron chi connectivity index (χ0n) is 15.5. The van der Waals surface area contributed by atoms with Crippen LogP contribution in [0.4, 0.5) is 0 Å². The van der Waals surface area contributed by atoms with Gasteiger partial charge in [0, 0.05) is 12.1 Å². The lowest BCUT2D eigenvalue weighted by Crippen LogP contribution is -2.55. The van der Waals surface area contributed by atoms with Gasteiger partial charge in [0.1, 0.15) is 5.54 Å². The van der Waals surface area contributed by atoms with Crippen molar-refractivity contribution < 1.29 is 9.53 Å². The largest absolute Gasteiger partial charge is 0.468 e. The summed E-state index contributed by atoms with van der Waals surface area (Å²) in [5.74, 6) is -0.181. The summed E-state index contributed by atoms with van der Waals surface area (Å²) >= 11 is 0. The van der Waals surface area contributed by atoms with Gasteiger partial charge in [0.05, 0.1) is 7.11 Å². The molecule has 0 aliphatic carbocycles. The average Bonchev–Trinajstić information content (AvgIpc) is 2.41. The third-order valence-electron chi connectivity index (χ3n) is 4.66. The second-order valence-corrected chi connectivity index (χ2v) is 7.51. The Labute approximate surface area is 131 Å². The van der Waals surface area contributed by atoms with Crippen LogP contribution in [0.1, 0.15) is 61.3 Å². The van der Waals surface area contributed by atoms with Crippen molar-refractivity contribution in [3.8, 4) is 0 Å². The number of ether oxygens (including phenoxy) is 1. The summed E-state index contributed by atoms with van der Waals surface area (Å²) in [4.78, 5) is 14.5. The van der Waals surface area contributed by atoms with E-state index in [0.717, 1.165) is 19.4 Å². The number of nitrogens with one attached hydrogen (secondary N) is 1. The number of hydrogen-bond acceptors (Lipinski definition) is 4. The quantitative estimate of drug-likeness (QED) is 0.700. The summed E-state index contributed by atoms with van der Waals surface area (Å²) in [5, 5.41) is 3.36. The molecule has 1 N–H and O–H groups in total. The van der Waals surface area contributed by atoms with E-state index in [0.29, 0.717) is 6.04 Å². The van der Waals surface area contributed by atoms with Crippen LogP contribution in [0.3, 0.4) is 0 Å². The van der Waals surface area contributed by atoms with Crippen molar-refractivity contribution in [1.29, 1.82) is 0 Å². The van der Waals surface area contributed by atoms with Crippen LogP contribution in [0.5, 0.6) is 0 Å². The molecule has 3 atom stereocenters. The molecule has 0 heterocycles. The Morgan fingerprint density at radius 3 is 2.14 bits per heavy atom. The van der Waals surface area contributed by atoms with E-state index in [-0.39, 0.29) is 17.4 Å². The van der Waals surface area contributed by atoms with Gasteiger partial charge in [-0.1, -0.05) is 27.7 Å². The molecule has 0 spiro atoms. The van der Waals surface area contributed by atoms with Crippen LogP contribution >= 0.6 is 0 Å². The second kappa shape index (κ2) is 8.14. The maximum atomic E-state index is 12.2. The van der Waals surface area contributed by atoms with Crippen LogP contribution in [0, 0.1) is 5.41 Å². The molecule has 21 heavy (non-hydrogen) atoms. The molecule has 0 bridgehead atoms. The average molecular weight is 300 g/mol. The zero-order chi connectivity index (χ0) is 16.8. The molecule has 0 amide bonds. The summed E-state index contributed by atoms with van der Waals surface area (Å²) < 4.78 is 5.00. The smallest absolute Gasteiger partial charge is 0.325 e. The molecule has 0 aromatic rings. The molecule has 0 aromatic carbocycles. The van der Waals surface area contributed by atoms with Gasteiger partial charge in [0.2, 0.25) is 0 Å². The number of nitrogens with zero attached hydrogens (tertiary/aromatic N) is 1. The van der Waals surface area contributed by atoms with Gasteiger partial charge in [-0.15, -0.1) is 0 Å². The zero-order valence-corrected chi connectivity index (χ0v) is 15.5. The lowest BCUT2D eigenvalue weighted by atomic mass is 9.85. The Hall–Kier alpha value is -0.610.